The van der Waals surface area contributed by atoms with E-state index in [1.807, 2.05) is 0 Å². The molecule has 1 heterocycles. The van der Waals surface area contributed by atoms with Gasteiger partial charge in [0.25, 0.3) is 0 Å². The van der Waals surface area contributed by atoms with Crippen molar-refractivity contribution in [3.05, 3.63) is 0 Å². The molecule has 1 saturated heterocycles. The molecule has 0 amide bonds. The smallest absolute Gasteiger partial charge is 0.0299 e. The van der Waals surface area contributed by atoms with E-state index in [-0.39, 0.29) is 5.54 Å². The summed E-state index contributed by atoms with van der Waals surface area (Å²) < 4.78 is 0. The highest BCUT2D eigenvalue weighted by Gasteiger charge is 2.47. The maximum Gasteiger partial charge on any atom is 0.0299 e. The summed E-state index contributed by atoms with van der Waals surface area (Å²) in [6, 6.07) is 1.49. The minimum absolute atomic E-state index is 0.189. The van der Waals surface area contributed by atoms with Crippen LogP contribution in [-0.2, 0) is 0 Å². The molecule has 2 aliphatic rings. The lowest BCUT2D eigenvalue weighted by atomic mass is 10.0. The summed E-state index contributed by atoms with van der Waals surface area (Å²) >= 11 is 0. The van der Waals surface area contributed by atoms with E-state index in [2.05, 4.69) is 18.7 Å². The summed E-state index contributed by atoms with van der Waals surface area (Å²) in [5.41, 5.74) is 6.38. The monoisotopic (exact) mass is 154 g/mol. The van der Waals surface area contributed by atoms with Crippen molar-refractivity contribution < 1.29 is 0 Å². The fourth-order valence-corrected chi connectivity index (χ4v) is 2.65. The maximum atomic E-state index is 6.19. The quantitative estimate of drug-likeness (QED) is 0.609. The molecule has 2 heteroatoms. The van der Waals surface area contributed by atoms with E-state index in [0.29, 0.717) is 6.04 Å². The van der Waals surface area contributed by atoms with Gasteiger partial charge in [-0.2, -0.15) is 0 Å². The molecule has 2 atom stereocenters. The number of nitrogens with zero attached hydrogens (tertiary/aromatic N) is 1. The number of nitrogens with two attached hydrogens (primary N) is 1. The van der Waals surface area contributed by atoms with E-state index in [9.17, 15) is 0 Å². The van der Waals surface area contributed by atoms with Crippen molar-refractivity contribution >= 4 is 0 Å². The Bertz CT molecular complexity index is 167. The molecule has 2 N–H and O–H groups in total. The van der Waals surface area contributed by atoms with Crippen molar-refractivity contribution in [3.8, 4) is 0 Å². The molecule has 2 fully saturated rings. The summed E-state index contributed by atoms with van der Waals surface area (Å²) in [4.78, 5) is 2.56. The van der Waals surface area contributed by atoms with Gasteiger partial charge in [0.2, 0.25) is 0 Å². The minimum atomic E-state index is 0.189. The van der Waals surface area contributed by atoms with Gasteiger partial charge >= 0.3 is 0 Å². The third kappa shape index (κ3) is 1.09. The molecule has 1 saturated carbocycles. The highest BCUT2D eigenvalue weighted by Crippen LogP contribution is 2.39. The van der Waals surface area contributed by atoms with Crippen LogP contribution in [0.25, 0.3) is 0 Å². The molecule has 2 nitrogen and oxygen atoms in total. The number of fused-ring (bicyclic) bond motifs is 2. The number of piperidine rings is 1. The zero-order chi connectivity index (χ0) is 8.06. The molecule has 0 aromatic carbocycles. The van der Waals surface area contributed by atoms with Crippen molar-refractivity contribution in [2.24, 2.45) is 5.73 Å². The lowest BCUT2D eigenvalue weighted by molar-refractivity contribution is 0.162. The topological polar surface area (TPSA) is 29.3 Å². The first-order valence-corrected chi connectivity index (χ1v) is 4.65. The van der Waals surface area contributed by atoms with Crippen molar-refractivity contribution in [1.82, 2.24) is 4.90 Å². The fourth-order valence-electron chi connectivity index (χ4n) is 2.65. The molecular formula is C9H18N2. The average Bonchev–Trinajstić information content (AvgIpc) is 2.41. The highest BCUT2D eigenvalue weighted by molar-refractivity contribution is 5.06. The lowest BCUT2D eigenvalue weighted by Gasteiger charge is -2.33. The van der Waals surface area contributed by atoms with Gasteiger partial charge in [-0.25, -0.2) is 0 Å². The summed E-state index contributed by atoms with van der Waals surface area (Å²) in [5.74, 6) is 0. The highest BCUT2D eigenvalue weighted by atomic mass is 15.2. The SMILES string of the molecule is CC(C)N1C[C@]2(N)CC[C@H]1C2. The number of likely N-dealkylation sites (tertiary alicyclic amines) is 1. The van der Waals surface area contributed by atoms with Crippen LogP contribution in [0.1, 0.15) is 33.1 Å². The van der Waals surface area contributed by atoms with Crippen LogP contribution in [0.2, 0.25) is 0 Å². The number of hydrogen-bond acceptors (Lipinski definition) is 2. The minimum Gasteiger partial charge on any atom is -0.324 e. The first kappa shape index (κ1) is 7.56. The van der Waals surface area contributed by atoms with Gasteiger partial charge in [0.1, 0.15) is 0 Å². The zero-order valence-electron chi connectivity index (χ0n) is 7.51. The predicted molar refractivity (Wildman–Crippen MR) is 46.4 cm³/mol. The maximum absolute atomic E-state index is 6.19. The molecule has 2 rings (SSSR count). The van der Waals surface area contributed by atoms with Crippen LogP contribution in [-0.4, -0.2) is 29.1 Å². The standard InChI is InChI=1S/C9H18N2/c1-7(2)11-6-9(10)4-3-8(11)5-9/h7-8H,3-6,10H2,1-2H3/t8-,9-/m0/s1. The van der Waals surface area contributed by atoms with Gasteiger partial charge in [0, 0.05) is 24.2 Å². The van der Waals surface area contributed by atoms with E-state index >= 15 is 0 Å². The van der Waals surface area contributed by atoms with Gasteiger partial charge in [-0.05, 0) is 33.1 Å². The van der Waals surface area contributed by atoms with Crippen LogP contribution in [0.3, 0.4) is 0 Å². The summed E-state index contributed by atoms with van der Waals surface area (Å²) in [6.45, 7) is 5.67. The molecule has 64 valence electrons. The van der Waals surface area contributed by atoms with Gasteiger partial charge in [-0.1, -0.05) is 0 Å². The first-order chi connectivity index (χ1) is 5.11. The van der Waals surface area contributed by atoms with Crippen LogP contribution < -0.4 is 5.73 Å². The molecule has 0 radical (unpaired) electrons. The van der Waals surface area contributed by atoms with E-state index < -0.39 is 0 Å². The van der Waals surface area contributed by atoms with E-state index in [0.717, 1.165) is 12.6 Å². The third-order valence-corrected chi connectivity index (χ3v) is 3.25. The molecule has 11 heavy (non-hydrogen) atoms. The van der Waals surface area contributed by atoms with E-state index in [4.69, 9.17) is 5.73 Å². The molecule has 0 unspecified atom stereocenters. The molecule has 0 spiro atoms. The van der Waals surface area contributed by atoms with Crippen LogP contribution in [0.4, 0.5) is 0 Å². The van der Waals surface area contributed by atoms with Gasteiger partial charge in [0.15, 0.2) is 0 Å². The molecule has 0 aromatic rings. The van der Waals surface area contributed by atoms with Crippen molar-refractivity contribution in [1.29, 1.82) is 0 Å². The van der Waals surface area contributed by atoms with Crippen molar-refractivity contribution in [2.75, 3.05) is 6.54 Å². The van der Waals surface area contributed by atoms with E-state index in [1.165, 1.54) is 19.3 Å². The second-order valence-corrected chi connectivity index (χ2v) is 4.53. The second-order valence-electron chi connectivity index (χ2n) is 4.53. The lowest BCUT2D eigenvalue weighted by Crippen LogP contribution is -2.46. The first-order valence-electron chi connectivity index (χ1n) is 4.65. The van der Waals surface area contributed by atoms with Gasteiger partial charge in [0.05, 0.1) is 0 Å². The molecule has 1 aliphatic carbocycles. The Morgan fingerprint density at radius 1 is 1.55 bits per heavy atom. The molecule has 2 bridgehead atoms. The summed E-state index contributed by atoms with van der Waals surface area (Å²) in [7, 11) is 0. The largest absolute Gasteiger partial charge is 0.324 e. The van der Waals surface area contributed by atoms with Crippen LogP contribution in [0.15, 0.2) is 0 Å². The molecule has 0 aromatic heterocycles. The predicted octanol–water partition coefficient (Wildman–Crippen LogP) is 0.960. The Balaban J connectivity index is 2.10. The Labute approximate surface area is 68.7 Å². The summed E-state index contributed by atoms with van der Waals surface area (Å²) in [5, 5.41) is 0. The summed E-state index contributed by atoms with van der Waals surface area (Å²) in [6.07, 6.45) is 3.82. The normalized spacial score (nSPS) is 44.2. The Morgan fingerprint density at radius 2 is 2.27 bits per heavy atom. The van der Waals surface area contributed by atoms with Gasteiger partial charge < -0.3 is 5.73 Å². The zero-order valence-corrected chi connectivity index (χ0v) is 7.51. The Hall–Kier alpha value is -0.0800. The van der Waals surface area contributed by atoms with E-state index in [1.54, 1.807) is 0 Å². The van der Waals surface area contributed by atoms with Gasteiger partial charge in [-0.15, -0.1) is 0 Å². The average molecular weight is 154 g/mol. The van der Waals surface area contributed by atoms with Gasteiger partial charge in [-0.3, -0.25) is 4.90 Å². The van der Waals surface area contributed by atoms with Crippen LogP contribution in [0.5, 0.6) is 0 Å². The van der Waals surface area contributed by atoms with Crippen molar-refractivity contribution in [2.45, 2.75) is 50.7 Å². The molecule has 1 aliphatic heterocycles. The Kier molecular flexibility index (Phi) is 1.52. The van der Waals surface area contributed by atoms with Crippen LogP contribution >= 0.6 is 0 Å². The van der Waals surface area contributed by atoms with Crippen LogP contribution in [0, 0.1) is 0 Å². The molecular weight excluding hydrogens is 136 g/mol. The Morgan fingerprint density at radius 3 is 2.55 bits per heavy atom. The number of hydrogen-bond donors (Lipinski definition) is 1. The third-order valence-electron chi connectivity index (χ3n) is 3.25. The number of rotatable bonds is 1. The van der Waals surface area contributed by atoms with Crippen molar-refractivity contribution in [3.63, 3.8) is 0 Å². The fraction of sp³-hybridized carbons (Fsp3) is 1.00. The second kappa shape index (κ2) is 2.20.